The number of carboxylic acids is 1. The van der Waals surface area contributed by atoms with Gasteiger partial charge in [-0.05, 0) is 26.0 Å². The van der Waals surface area contributed by atoms with Crippen molar-refractivity contribution in [1.82, 2.24) is 4.72 Å². The topological polar surface area (TPSA) is 113 Å². The second-order valence-corrected chi connectivity index (χ2v) is 7.10. The first-order valence-electron chi connectivity index (χ1n) is 5.81. The summed E-state index contributed by atoms with van der Waals surface area (Å²) in [5.74, 6) is -1.69. The molecule has 3 N–H and O–H groups in total. The maximum atomic E-state index is 12.2. The minimum absolute atomic E-state index is 0.0585. The second-order valence-electron chi connectivity index (χ2n) is 4.93. The van der Waals surface area contributed by atoms with E-state index in [1.54, 1.807) is 0 Å². The molecule has 0 aliphatic carbocycles. The van der Waals surface area contributed by atoms with E-state index in [1.807, 2.05) is 0 Å². The fourth-order valence-electron chi connectivity index (χ4n) is 1.49. The van der Waals surface area contributed by atoms with Crippen LogP contribution in [0.3, 0.4) is 0 Å². The largest absolute Gasteiger partial charge is 0.494 e. The van der Waals surface area contributed by atoms with E-state index >= 15 is 0 Å². The Kier molecular flexibility index (Phi) is 5.21. The zero-order valence-electron chi connectivity index (χ0n) is 11.7. The molecule has 1 aromatic rings. The summed E-state index contributed by atoms with van der Waals surface area (Å²) in [7, 11) is -2.94. The van der Waals surface area contributed by atoms with Gasteiger partial charge < -0.3 is 14.9 Å². The summed E-state index contributed by atoms with van der Waals surface area (Å²) in [6, 6.07) is 2.18. The van der Waals surface area contributed by atoms with Crippen LogP contribution in [-0.4, -0.2) is 43.9 Å². The number of nitrogens with one attached hydrogen (secondary N) is 1. The van der Waals surface area contributed by atoms with Crippen molar-refractivity contribution in [2.24, 2.45) is 0 Å². The van der Waals surface area contributed by atoms with Crippen molar-refractivity contribution in [3.8, 4) is 5.75 Å². The van der Waals surface area contributed by atoms with Crippen molar-refractivity contribution in [1.29, 1.82) is 0 Å². The Morgan fingerprint density at radius 2 is 2.00 bits per heavy atom. The molecule has 118 valence electrons. The molecule has 1 aromatic carbocycles. The fourth-order valence-corrected chi connectivity index (χ4v) is 3.19. The molecule has 1 rings (SSSR count). The van der Waals surface area contributed by atoms with Gasteiger partial charge in [-0.3, -0.25) is 0 Å². The number of sulfonamides is 1. The molecule has 0 saturated heterocycles. The lowest BCUT2D eigenvalue weighted by Crippen LogP contribution is -2.38. The number of hydrogen-bond donors (Lipinski definition) is 3. The molecule has 0 heterocycles. The highest BCUT2D eigenvalue weighted by molar-refractivity contribution is 7.89. The molecule has 0 atom stereocenters. The molecule has 0 bridgehead atoms. The molecule has 7 nitrogen and oxygen atoms in total. The molecule has 0 aromatic heterocycles. The van der Waals surface area contributed by atoms with E-state index in [4.69, 9.17) is 21.4 Å². The maximum absolute atomic E-state index is 12.2. The van der Waals surface area contributed by atoms with Crippen molar-refractivity contribution in [3.05, 3.63) is 22.7 Å². The third-order valence-corrected chi connectivity index (χ3v) is 4.06. The van der Waals surface area contributed by atoms with Crippen LogP contribution >= 0.6 is 11.6 Å². The smallest absolute Gasteiger partial charge is 0.339 e. The Morgan fingerprint density at radius 1 is 1.43 bits per heavy atom. The molecule has 0 spiro atoms. The molecule has 0 fully saturated rings. The van der Waals surface area contributed by atoms with Crippen molar-refractivity contribution >= 4 is 27.6 Å². The highest BCUT2D eigenvalue weighted by Gasteiger charge is 2.27. The van der Waals surface area contributed by atoms with E-state index in [0.29, 0.717) is 0 Å². The lowest BCUT2D eigenvalue weighted by atomic mass is 10.1. The second kappa shape index (κ2) is 6.18. The standard InChI is InChI=1S/C12H16ClNO6S/c1-12(2,17)6-14-21(18,19)9-5-7(13)4-8(11(15)16)10(9)20-3/h4-5,14,17H,6H2,1-3H3,(H,15,16). The third-order valence-electron chi connectivity index (χ3n) is 2.44. The number of carbonyl (C=O) groups is 1. The lowest BCUT2D eigenvalue weighted by Gasteiger charge is -2.19. The van der Waals surface area contributed by atoms with Gasteiger partial charge in [0.1, 0.15) is 10.5 Å². The van der Waals surface area contributed by atoms with Crippen LogP contribution < -0.4 is 9.46 Å². The van der Waals surface area contributed by atoms with Gasteiger partial charge in [-0.1, -0.05) is 11.6 Å². The zero-order chi connectivity index (χ0) is 16.4. The normalized spacial score (nSPS) is 12.2. The van der Waals surface area contributed by atoms with E-state index in [-0.39, 0.29) is 22.9 Å². The monoisotopic (exact) mass is 337 g/mol. The summed E-state index contributed by atoms with van der Waals surface area (Å²) in [5.41, 5.74) is -1.64. The number of halogens is 1. The molecule has 0 amide bonds. The highest BCUT2D eigenvalue weighted by Crippen LogP contribution is 2.31. The average Bonchev–Trinajstić information content (AvgIpc) is 2.34. The van der Waals surface area contributed by atoms with E-state index < -0.39 is 26.5 Å². The molecule has 0 aliphatic rings. The number of aliphatic hydroxyl groups is 1. The zero-order valence-corrected chi connectivity index (χ0v) is 13.2. The third kappa shape index (κ3) is 4.57. The van der Waals surface area contributed by atoms with Crippen LogP contribution in [-0.2, 0) is 10.0 Å². The number of methoxy groups -OCH3 is 1. The number of hydrogen-bond acceptors (Lipinski definition) is 5. The highest BCUT2D eigenvalue weighted by atomic mass is 35.5. The Labute approximate surface area is 127 Å². The molecule has 0 radical (unpaired) electrons. The van der Waals surface area contributed by atoms with Gasteiger partial charge in [-0.15, -0.1) is 0 Å². The molecule has 0 saturated carbocycles. The summed E-state index contributed by atoms with van der Waals surface area (Å²) < 4.78 is 31.5. The predicted molar refractivity (Wildman–Crippen MR) is 76.4 cm³/mol. The molecular weight excluding hydrogens is 322 g/mol. The van der Waals surface area contributed by atoms with Crippen molar-refractivity contribution in [2.45, 2.75) is 24.3 Å². The maximum Gasteiger partial charge on any atom is 0.339 e. The van der Waals surface area contributed by atoms with Crippen molar-refractivity contribution < 1.29 is 28.2 Å². The van der Waals surface area contributed by atoms with Gasteiger partial charge in [-0.2, -0.15) is 0 Å². The van der Waals surface area contributed by atoms with Gasteiger partial charge in [0, 0.05) is 11.6 Å². The minimum atomic E-state index is -4.10. The van der Waals surface area contributed by atoms with E-state index in [0.717, 1.165) is 19.2 Å². The first kappa shape index (κ1) is 17.7. The predicted octanol–water partition coefficient (Wildman–Crippen LogP) is 1.10. The van der Waals surface area contributed by atoms with Crippen LogP contribution in [0.1, 0.15) is 24.2 Å². The average molecular weight is 338 g/mol. The van der Waals surface area contributed by atoms with E-state index in [1.165, 1.54) is 13.8 Å². The van der Waals surface area contributed by atoms with Gasteiger partial charge >= 0.3 is 5.97 Å². The van der Waals surface area contributed by atoms with Gasteiger partial charge in [-0.25, -0.2) is 17.9 Å². The molecule has 0 aliphatic heterocycles. The van der Waals surface area contributed by atoms with Crippen LogP contribution in [0.2, 0.25) is 5.02 Å². The van der Waals surface area contributed by atoms with Crippen LogP contribution in [0.4, 0.5) is 0 Å². The van der Waals surface area contributed by atoms with Crippen LogP contribution in [0, 0.1) is 0 Å². The van der Waals surface area contributed by atoms with Crippen LogP contribution in [0.5, 0.6) is 5.75 Å². The summed E-state index contributed by atoms with van der Waals surface area (Å²) in [6.45, 7) is 2.59. The molecule has 0 unspecified atom stereocenters. The first-order chi connectivity index (χ1) is 9.48. The number of carboxylic acid groups (broad SMARTS) is 1. The molecule has 9 heteroatoms. The Hall–Kier alpha value is -1.35. The fraction of sp³-hybridized carbons (Fsp3) is 0.417. The Bertz CT molecular complexity index is 650. The van der Waals surface area contributed by atoms with Crippen LogP contribution in [0.25, 0.3) is 0 Å². The molecule has 21 heavy (non-hydrogen) atoms. The molecular formula is C12H16ClNO6S. The van der Waals surface area contributed by atoms with Crippen molar-refractivity contribution in [2.75, 3.05) is 13.7 Å². The number of rotatable bonds is 6. The summed E-state index contributed by atoms with van der Waals surface area (Å²) in [4.78, 5) is 10.7. The Morgan fingerprint density at radius 3 is 2.43 bits per heavy atom. The number of benzene rings is 1. The van der Waals surface area contributed by atoms with Gasteiger partial charge in [0.2, 0.25) is 10.0 Å². The van der Waals surface area contributed by atoms with E-state index in [2.05, 4.69) is 4.72 Å². The van der Waals surface area contributed by atoms with Gasteiger partial charge in [0.25, 0.3) is 0 Å². The SMILES string of the molecule is COc1c(C(=O)O)cc(Cl)cc1S(=O)(=O)NCC(C)(C)O. The quantitative estimate of drug-likeness (QED) is 0.716. The lowest BCUT2D eigenvalue weighted by molar-refractivity contribution is 0.0692. The first-order valence-corrected chi connectivity index (χ1v) is 7.67. The number of ether oxygens (including phenoxy) is 1. The van der Waals surface area contributed by atoms with Crippen LogP contribution in [0.15, 0.2) is 17.0 Å². The van der Waals surface area contributed by atoms with E-state index in [9.17, 15) is 18.3 Å². The van der Waals surface area contributed by atoms with Gasteiger partial charge in [0.05, 0.1) is 12.7 Å². The summed E-state index contributed by atoms with van der Waals surface area (Å²) in [6.07, 6.45) is 0. The van der Waals surface area contributed by atoms with Crippen molar-refractivity contribution in [3.63, 3.8) is 0 Å². The van der Waals surface area contributed by atoms with Gasteiger partial charge in [0.15, 0.2) is 5.75 Å². The Balaban J connectivity index is 3.38. The number of aromatic carboxylic acids is 1. The summed E-state index contributed by atoms with van der Waals surface area (Å²) in [5, 5.41) is 18.6. The summed E-state index contributed by atoms with van der Waals surface area (Å²) >= 11 is 5.76. The minimum Gasteiger partial charge on any atom is -0.494 e.